The molecule has 0 bridgehead atoms. The molecule has 24 heavy (non-hydrogen) atoms. The summed E-state index contributed by atoms with van der Waals surface area (Å²) < 4.78 is 2.26. The van der Waals surface area contributed by atoms with Gasteiger partial charge in [-0.3, -0.25) is 0 Å². The van der Waals surface area contributed by atoms with E-state index in [1.54, 1.807) is 23.1 Å². The maximum Gasteiger partial charge on any atom is 0.226 e. The van der Waals surface area contributed by atoms with Crippen LogP contribution in [-0.4, -0.2) is 28.0 Å². The maximum absolute atomic E-state index is 4.81. The molecular weight excluding hydrogens is 336 g/mol. The van der Waals surface area contributed by atoms with Crippen LogP contribution in [0, 0.1) is 6.92 Å². The highest BCUT2D eigenvalue weighted by Crippen LogP contribution is 2.34. The zero-order valence-electron chi connectivity index (χ0n) is 13.7. The van der Waals surface area contributed by atoms with Crippen LogP contribution in [0.3, 0.4) is 0 Å². The molecule has 0 saturated carbocycles. The van der Waals surface area contributed by atoms with Gasteiger partial charge in [0.25, 0.3) is 0 Å². The van der Waals surface area contributed by atoms with E-state index in [1.165, 1.54) is 30.4 Å². The second-order valence-electron chi connectivity index (χ2n) is 6.10. The number of fused-ring (bicyclic) bond motifs is 1. The predicted molar refractivity (Wildman–Crippen MR) is 101 cm³/mol. The van der Waals surface area contributed by atoms with E-state index < -0.39 is 0 Å². The fourth-order valence-corrected chi connectivity index (χ4v) is 5.04. The third-order valence-electron chi connectivity index (χ3n) is 4.17. The Morgan fingerprint density at radius 3 is 2.58 bits per heavy atom. The second-order valence-corrected chi connectivity index (χ2v) is 8.40. The van der Waals surface area contributed by atoms with Crippen LogP contribution in [0.25, 0.3) is 10.2 Å². The van der Waals surface area contributed by atoms with E-state index in [4.69, 9.17) is 9.97 Å². The lowest BCUT2D eigenvalue weighted by Crippen LogP contribution is -2.26. The number of hydrogen-bond acceptors (Lipinski definition) is 6. The van der Waals surface area contributed by atoms with Gasteiger partial charge in [-0.2, -0.15) is 0 Å². The van der Waals surface area contributed by atoms with Crippen LogP contribution < -0.4 is 4.90 Å². The third-order valence-corrected chi connectivity index (χ3v) is 6.19. The first-order chi connectivity index (χ1) is 11.8. The topological polar surface area (TPSA) is 41.9 Å². The quantitative estimate of drug-likeness (QED) is 0.623. The standard InChI is InChI=1S/C18H20N4S2/c1-13-12-16(21-17(19-13)22-10-6-2-3-7-11-22)24-18-20-14-8-4-5-9-15(14)23-18/h4-5,8-9,12H,2-3,6-7,10-11H2,1H3. The highest BCUT2D eigenvalue weighted by atomic mass is 32.2. The first-order valence-corrected chi connectivity index (χ1v) is 10.1. The van der Waals surface area contributed by atoms with Crippen LogP contribution in [0.5, 0.6) is 0 Å². The summed E-state index contributed by atoms with van der Waals surface area (Å²) in [7, 11) is 0. The van der Waals surface area contributed by atoms with Gasteiger partial charge in [0.2, 0.25) is 5.95 Å². The largest absolute Gasteiger partial charge is 0.341 e. The molecule has 1 aromatic carbocycles. The zero-order valence-corrected chi connectivity index (χ0v) is 15.4. The van der Waals surface area contributed by atoms with Crippen molar-refractivity contribution in [2.24, 2.45) is 0 Å². The van der Waals surface area contributed by atoms with E-state index in [9.17, 15) is 0 Å². The summed E-state index contributed by atoms with van der Waals surface area (Å²) in [6.07, 6.45) is 5.10. The molecule has 1 saturated heterocycles. The lowest BCUT2D eigenvalue weighted by atomic mass is 10.2. The van der Waals surface area contributed by atoms with Crippen LogP contribution in [0.2, 0.25) is 0 Å². The minimum atomic E-state index is 0.875. The Kier molecular flexibility index (Phi) is 4.67. The number of aromatic nitrogens is 3. The smallest absolute Gasteiger partial charge is 0.226 e. The van der Waals surface area contributed by atoms with E-state index in [1.807, 2.05) is 13.0 Å². The summed E-state index contributed by atoms with van der Waals surface area (Å²) in [5, 5.41) is 0.987. The van der Waals surface area contributed by atoms with Gasteiger partial charge < -0.3 is 4.90 Å². The normalized spacial score (nSPS) is 15.6. The van der Waals surface area contributed by atoms with Crippen LogP contribution in [0.4, 0.5) is 5.95 Å². The summed E-state index contributed by atoms with van der Waals surface area (Å²) in [5.41, 5.74) is 2.08. The van der Waals surface area contributed by atoms with E-state index in [-0.39, 0.29) is 0 Å². The fourth-order valence-electron chi connectivity index (χ4n) is 2.97. The van der Waals surface area contributed by atoms with Gasteiger partial charge in [-0.25, -0.2) is 15.0 Å². The van der Waals surface area contributed by atoms with Crippen LogP contribution in [0.15, 0.2) is 39.7 Å². The van der Waals surface area contributed by atoms with Gasteiger partial charge in [0.15, 0.2) is 4.34 Å². The van der Waals surface area contributed by atoms with Gasteiger partial charge in [0, 0.05) is 18.8 Å². The van der Waals surface area contributed by atoms with Crippen molar-refractivity contribution in [2.75, 3.05) is 18.0 Å². The Labute approximate surface area is 150 Å². The Morgan fingerprint density at radius 2 is 1.79 bits per heavy atom. The molecular formula is C18H20N4S2. The molecule has 0 unspecified atom stereocenters. The average molecular weight is 357 g/mol. The van der Waals surface area contributed by atoms with E-state index >= 15 is 0 Å². The Balaban J connectivity index is 1.60. The molecule has 4 rings (SSSR count). The summed E-state index contributed by atoms with van der Waals surface area (Å²) >= 11 is 3.36. The number of para-hydroxylation sites is 1. The van der Waals surface area contributed by atoms with Crippen molar-refractivity contribution in [3.8, 4) is 0 Å². The predicted octanol–water partition coefficient (Wildman–Crippen LogP) is 4.93. The molecule has 0 N–H and O–H groups in total. The molecule has 1 aliphatic rings. The molecule has 1 fully saturated rings. The Hall–Kier alpha value is -1.66. The number of hydrogen-bond donors (Lipinski definition) is 0. The number of nitrogens with zero attached hydrogens (tertiary/aromatic N) is 4. The number of thiazole rings is 1. The first-order valence-electron chi connectivity index (χ1n) is 8.42. The number of aryl methyl sites for hydroxylation is 1. The molecule has 2 aromatic heterocycles. The molecule has 3 heterocycles. The minimum absolute atomic E-state index is 0.875. The maximum atomic E-state index is 4.81. The van der Waals surface area contributed by atoms with Crippen molar-refractivity contribution < 1.29 is 0 Å². The van der Waals surface area contributed by atoms with Crippen molar-refractivity contribution in [1.29, 1.82) is 0 Å². The van der Waals surface area contributed by atoms with E-state index in [0.29, 0.717) is 0 Å². The molecule has 0 radical (unpaired) electrons. The fraction of sp³-hybridized carbons (Fsp3) is 0.389. The SMILES string of the molecule is Cc1cc(Sc2nc3ccccc3s2)nc(N2CCCCCC2)n1. The molecule has 3 aromatic rings. The molecule has 6 heteroatoms. The molecule has 0 amide bonds. The molecule has 4 nitrogen and oxygen atoms in total. The number of rotatable bonds is 3. The van der Waals surface area contributed by atoms with Gasteiger partial charge >= 0.3 is 0 Å². The molecule has 0 atom stereocenters. The van der Waals surface area contributed by atoms with Crippen molar-refractivity contribution in [3.05, 3.63) is 36.0 Å². The Bertz CT molecular complexity index is 805. The van der Waals surface area contributed by atoms with E-state index in [2.05, 4.69) is 34.1 Å². The second kappa shape index (κ2) is 7.07. The summed E-state index contributed by atoms with van der Waals surface area (Å²) in [5.74, 6) is 0.875. The number of anilines is 1. The number of benzene rings is 1. The zero-order chi connectivity index (χ0) is 16.4. The van der Waals surface area contributed by atoms with Crippen molar-refractivity contribution >= 4 is 39.3 Å². The summed E-state index contributed by atoms with van der Waals surface area (Å²) in [4.78, 5) is 16.5. The van der Waals surface area contributed by atoms with Crippen molar-refractivity contribution in [3.63, 3.8) is 0 Å². The van der Waals surface area contributed by atoms with Gasteiger partial charge in [-0.05, 0) is 49.7 Å². The van der Waals surface area contributed by atoms with Crippen LogP contribution >= 0.6 is 23.1 Å². The van der Waals surface area contributed by atoms with Crippen LogP contribution in [-0.2, 0) is 0 Å². The van der Waals surface area contributed by atoms with Crippen molar-refractivity contribution in [2.45, 2.75) is 42.0 Å². The minimum Gasteiger partial charge on any atom is -0.341 e. The molecule has 1 aliphatic heterocycles. The highest BCUT2D eigenvalue weighted by Gasteiger charge is 2.15. The monoisotopic (exact) mass is 356 g/mol. The molecule has 124 valence electrons. The lowest BCUT2D eigenvalue weighted by molar-refractivity contribution is 0.726. The van der Waals surface area contributed by atoms with Crippen LogP contribution in [0.1, 0.15) is 31.4 Å². The Morgan fingerprint density at radius 1 is 1.00 bits per heavy atom. The molecule has 0 spiro atoms. The van der Waals surface area contributed by atoms with Gasteiger partial charge in [0.05, 0.1) is 10.2 Å². The average Bonchev–Trinajstić information content (AvgIpc) is 2.79. The third kappa shape index (κ3) is 3.54. The molecule has 0 aliphatic carbocycles. The van der Waals surface area contributed by atoms with Gasteiger partial charge in [0.1, 0.15) is 5.03 Å². The van der Waals surface area contributed by atoms with Crippen molar-refractivity contribution in [1.82, 2.24) is 15.0 Å². The summed E-state index contributed by atoms with van der Waals surface area (Å²) in [6.45, 7) is 4.18. The van der Waals surface area contributed by atoms with E-state index in [0.717, 1.165) is 39.6 Å². The lowest BCUT2D eigenvalue weighted by Gasteiger charge is -2.20. The van der Waals surface area contributed by atoms with Gasteiger partial charge in [-0.15, -0.1) is 11.3 Å². The van der Waals surface area contributed by atoms with Gasteiger partial charge in [-0.1, -0.05) is 25.0 Å². The summed E-state index contributed by atoms with van der Waals surface area (Å²) in [6, 6.07) is 10.3. The highest BCUT2D eigenvalue weighted by molar-refractivity contribution is 8.01. The first kappa shape index (κ1) is 15.8.